The predicted octanol–water partition coefficient (Wildman–Crippen LogP) is 3.80. The summed E-state index contributed by atoms with van der Waals surface area (Å²) in [5.41, 5.74) is 3.41. The van der Waals surface area contributed by atoms with Crippen LogP contribution in [0.15, 0.2) is 64.3 Å². The molecular formula is C24H25N5O2S. The van der Waals surface area contributed by atoms with Crippen LogP contribution in [0.2, 0.25) is 0 Å². The molecule has 1 atom stereocenters. The lowest BCUT2D eigenvalue weighted by molar-refractivity contribution is -0.124. The Bertz CT molecular complexity index is 1330. The summed E-state index contributed by atoms with van der Waals surface area (Å²) in [5, 5.41) is 12.4. The second-order valence-corrected chi connectivity index (χ2v) is 8.51. The lowest BCUT2D eigenvalue weighted by Crippen LogP contribution is -2.37. The molecule has 2 aromatic carbocycles. The van der Waals surface area contributed by atoms with Crippen LogP contribution in [0.1, 0.15) is 29.9 Å². The molecule has 0 spiro atoms. The van der Waals surface area contributed by atoms with Crippen LogP contribution in [0.3, 0.4) is 0 Å². The summed E-state index contributed by atoms with van der Waals surface area (Å²) in [6.07, 6.45) is 2.02. The van der Waals surface area contributed by atoms with Gasteiger partial charge in [-0.1, -0.05) is 30.3 Å². The standard InChI is InChI=1S/C24H25N5O2S/c1-15-22-21(16(2)28(27-22)19-8-6-5-7-9-19)24(31)29(26-15)17(3)23(30)25-14-18-10-12-20(32-4)13-11-18/h5-13,17H,14H2,1-4H3,(H,25,30). The largest absolute Gasteiger partial charge is 0.350 e. The molecule has 164 valence electrons. The Hall–Kier alpha value is -3.39. The summed E-state index contributed by atoms with van der Waals surface area (Å²) >= 11 is 1.67. The number of thioether (sulfide) groups is 1. The van der Waals surface area contributed by atoms with Crippen molar-refractivity contribution in [2.24, 2.45) is 0 Å². The molecule has 1 unspecified atom stereocenters. The molecule has 32 heavy (non-hydrogen) atoms. The molecule has 7 nitrogen and oxygen atoms in total. The molecule has 0 fully saturated rings. The third-order valence-electron chi connectivity index (χ3n) is 5.51. The van der Waals surface area contributed by atoms with Crippen LogP contribution >= 0.6 is 11.8 Å². The molecule has 2 aromatic heterocycles. The predicted molar refractivity (Wildman–Crippen MR) is 127 cm³/mol. The Kier molecular flexibility index (Phi) is 6.14. The minimum absolute atomic E-state index is 0.264. The molecule has 0 saturated heterocycles. The molecule has 2 heterocycles. The van der Waals surface area contributed by atoms with Crippen molar-refractivity contribution in [2.75, 3.05) is 6.26 Å². The Labute approximate surface area is 190 Å². The van der Waals surface area contributed by atoms with Crippen molar-refractivity contribution in [1.29, 1.82) is 0 Å². The van der Waals surface area contributed by atoms with Crippen LogP contribution < -0.4 is 10.9 Å². The van der Waals surface area contributed by atoms with Gasteiger partial charge in [0.25, 0.3) is 5.56 Å². The van der Waals surface area contributed by atoms with Crippen molar-refractivity contribution >= 4 is 28.6 Å². The minimum Gasteiger partial charge on any atom is -0.350 e. The molecule has 4 rings (SSSR count). The summed E-state index contributed by atoms with van der Waals surface area (Å²) in [6, 6.07) is 16.9. The smallest absolute Gasteiger partial charge is 0.278 e. The third kappa shape index (κ3) is 4.05. The maximum atomic E-state index is 13.3. The zero-order valence-corrected chi connectivity index (χ0v) is 19.3. The number of nitrogens with zero attached hydrogens (tertiary/aromatic N) is 4. The van der Waals surface area contributed by atoms with Gasteiger partial charge in [-0.15, -0.1) is 11.8 Å². The maximum Gasteiger partial charge on any atom is 0.278 e. The van der Waals surface area contributed by atoms with Crippen LogP contribution in [0.25, 0.3) is 16.6 Å². The van der Waals surface area contributed by atoms with Crippen molar-refractivity contribution in [1.82, 2.24) is 24.9 Å². The molecule has 0 aliphatic heterocycles. The second-order valence-electron chi connectivity index (χ2n) is 7.63. The van der Waals surface area contributed by atoms with Crippen molar-refractivity contribution in [3.8, 4) is 5.69 Å². The Morgan fingerprint density at radius 1 is 1.06 bits per heavy atom. The number of rotatable bonds is 6. The first-order valence-electron chi connectivity index (χ1n) is 10.4. The zero-order chi connectivity index (χ0) is 22.8. The van der Waals surface area contributed by atoms with Gasteiger partial charge in [0.05, 0.1) is 22.5 Å². The number of hydrogen-bond donors (Lipinski definition) is 1. The fourth-order valence-corrected chi connectivity index (χ4v) is 4.06. The van der Waals surface area contributed by atoms with Crippen LogP contribution in [0.4, 0.5) is 0 Å². The van der Waals surface area contributed by atoms with E-state index in [-0.39, 0.29) is 11.5 Å². The van der Waals surface area contributed by atoms with E-state index in [1.807, 2.05) is 67.8 Å². The van der Waals surface area contributed by atoms with Crippen molar-refractivity contribution in [3.05, 3.63) is 81.9 Å². The van der Waals surface area contributed by atoms with Gasteiger partial charge < -0.3 is 5.32 Å². The molecular weight excluding hydrogens is 422 g/mol. The van der Waals surface area contributed by atoms with E-state index in [4.69, 9.17) is 0 Å². The number of aryl methyl sites for hydroxylation is 2. The molecule has 8 heteroatoms. The van der Waals surface area contributed by atoms with Crippen molar-refractivity contribution < 1.29 is 4.79 Å². The van der Waals surface area contributed by atoms with Crippen molar-refractivity contribution in [2.45, 2.75) is 38.3 Å². The van der Waals surface area contributed by atoms with E-state index in [1.165, 1.54) is 9.58 Å². The number of benzene rings is 2. The summed E-state index contributed by atoms with van der Waals surface area (Å²) in [5.74, 6) is -0.264. The first kappa shape index (κ1) is 21.8. The lowest BCUT2D eigenvalue weighted by atomic mass is 10.2. The van der Waals surface area contributed by atoms with E-state index in [0.29, 0.717) is 23.1 Å². The van der Waals surface area contributed by atoms with Gasteiger partial charge in [0.15, 0.2) is 0 Å². The van der Waals surface area contributed by atoms with Crippen LogP contribution in [0, 0.1) is 13.8 Å². The van der Waals surface area contributed by atoms with Gasteiger partial charge in [-0.2, -0.15) is 10.2 Å². The van der Waals surface area contributed by atoms with Gasteiger partial charge >= 0.3 is 0 Å². The van der Waals surface area contributed by atoms with Gasteiger partial charge in [0.1, 0.15) is 11.6 Å². The molecule has 0 aliphatic rings. The Balaban J connectivity index is 1.63. The first-order chi connectivity index (χ1) is 15.4. The fourth-order valence-electron chi connectivity index (χ4n) is 3.65. The monoisotopic (exact) mass is 447 g/mol. The van der Waals surface area contributed by atoms with E-state index in [0.717, 1.165) is 16.9 Å². The summed E-state index contributed by atoms with van der Waals surface area (Å²) in [6.45, 7) is 5.73. The summed E-state index contributed by atoms with van der Waals surface area (Å²) in [7, 11) is 0. The van der Waals surface area contributed by atoms with Crippen LogP contribution in [-0.4, -0.2) is 31.7 Å². The zero-order valence-electron chi connectivity index (χ0n) is 18.5. The molecule has 4 aromatic rings. The highest BCUT2D eigenvalue weighted by molar-refractivity contribution is 7.98. The molecule has 1 N–H and O–H groups in total. The van der Waals surface area contributed by atoms with E-state index in [1.54, 1.807) is 30.3 Å². The van der Waals surface area contributed by atoms with Crippen LogP contribution in [-0.2, 0) is 11.3 Å². The number of para-hydroxylation sites is 1. The number of hydrogen-bond acceptors (Lipinski definition) is 5. The number of carbonyl (C=O) groups is 1. The van der Waals surface area contributed by atoms with E-state index >= 15 is 0 Å². The number of aromatic nitrogens is 4. The normalized spacial score (nSPS) is 12.1. The van der Waals surface area contributed by atoms with Gasteiger partial charge in [-0.3, -0.25) is 9.59 Å². The highest BCUT2D eigenvalue weighted by Gasteiger charge is 2.23. The number of nitrogens with one attached hydrogen (secondary N) is 1. The molecule has 0 bridgehead atoms. The van der Waals surface area contributed by atoms with E-state index in [9.17, 15) is 9.59 Å². The fraction of sp³-hybridized carbons (Fsp3) is 0.250. The number of fused-ring (bicyclic) bond motifs is 1. The quantitative estimate of drug-likeness (QED) is 0.455. The van der Waals surface area contributed by atoms with Gasteiger partial charge in [0, 0.05) is 11.4 Å². The first-order valence-corrected chi connectivity index (χ1v) is 11.6. The maximum absolute atomic E-state index is 13.3. The third-order valence-corrected chi connectivity index (χ3v) is 6.26. The molecule has 1 amide bonds. The molecule has 0 radical (unpaired) electrons. The van der Waals surface area contributed by atoms with E-state index in [2.05, 4.69) is 15.5 Å². The average Bonchev–Trinajstić information content (AvgIpc) is 3.18. The van der Waals surface area contributed by atoms with Crippen LogP contribution in [0.5, 0.6) is 0 Å². The molecule has 0 aliphatic carbocycles. The van der Waals surface area contributed by atoms with E-state index < -0.39 is 6.04 Å². The van der Waals surface area contributed by atoms with Gasteiger partial charge in [0.2, 0.25) is 5.91 Å². The van der Waals surface area contributed by atoms with Gasteiger partial charge in [-0.25, -0.2) is 9.36 Å². The summed E-state index contributed by atoms with van der Waals surface area (Å²) < 4.78 is 3.00. The minimum atomic E-state index is -0.754. The van der Waals surface area contributed by atoms with Crippen molar-refractivity contribution in [3.63, 3.8) is 0 Å². The summed E-state index contributed by atoms with van der Waals surface area (Å²) in [4.78, 5) is 27.3. The topological polar surface area (TPSA) is 81.8 Å². The SMILES string of the molecule is CSc1ccc(CNC(=O)C(C)n2nc(C)c3nn(-c4ccccc4)c(C)c3c2=O)cc1. The number of carbonyl (C=O) groups excluding carboxylic acids is 1. The lowest BCUT2D eigenvalue weighted by Gasteiger charge is -2.15. The second kappa shape index (κ2) is 9.00. The number of amides is 1. The molecule has 0 saturated carbocycles. The van der Waals surface area contributed by atoms with Gasteiger partial charge in [-0.05, 0) is 56.9 Å². The Morgan fingerprint density at radius 3 is 2.41 bits per heavy atom. The average molecular weight is 448 g/mol. The Morgan fingerprint density at radius 2 is 1.75 bits per heavy atom. The highest BCUT2D eigenvalue weighted by atomic mass is 32.2. The highest BCUT2D eigenvalue weighted by Crippen LogP contribution is 2.21.